The average molecular weight is 266 g/mol. The zero-order valence-corrected chi connectivity index (χ0v) is 11.6. The molecule has 3 rings (SSSR count). The Morgan fingerprint density at radius 2 is 1.95 bits per heavy atom. The minimum atomic E-state index is 0.688. The molecule has 2 aromatic carbocycles. The van der Waals surface area contributed by atoms with E-state index in [4.69, 9.17) is 0 Å². The molecule has 1 heterocycles. The van der Waals surface area contributed by atoms with Crippen LogP contribution in [0.3, 0.4) is 0 Å². The number of hydrogen-bond acceptors (Lipinski definition) is 3. The van der Waals surface area contributed by atoms with E-state index in [-0.39, 0.29) is 0 Å². The highest BCUT2D eigenvalue weighted by Crippen LogP contribution is 2.23. The molecule has 1 aromatic heterocycles. The zero-order chi connectivity index (χ0) is 13.8. The third kappa shape index (κ3) is 2.50. The minimum Gasteiger partial charge on any atom is -0.377 e. The fourth-order valence-electron chi connectivity index (χ4n) is 2.38. The van der Waals surface area contributed by atoms with Crippen molar-refractivity contribution < 1.29 is 0 Å². The van der Waals surface area contributed by atoms with Crippen LogP contribution in [0.15, 0.2) is 48.8 Å². The van der Waals surface area contributed by atoms with Crippen LogP contribution < -0.4 is 5.32 Å². The Balaban J connectivity index is 1.81. The molecule has 0 spiro atoms. The van der Waals surface area contributed by atoms with Crippen molar-refractivity contribution in [3.05, 3.63) is 54.6 Å². The predicted octanol–water partition coefficient (Wildman–Crippen LogP) is 3.45. The number of nitrogens with one attached hydrogen (secondary N) is 1. The van der Waals surface area contributed by atoms with Crippen molar-refractivity contribution in [2.75, 3.05) is 5.32 Å². The molecule has 0 aliphatic rings. The van der Waals surface area contributed by atoms with Gasteiger partial charge in [-0.05, 0) is 17.9 Å². The SMILES string of the molecule is CCCn1ncnc1CNc1cccc2ccccc12. The second-order valence-corrected chi connectivity index (χ2v) is 4.78. The van der Waals surface area contributed by atoms with Gasteiger partial charge in [0.05, 0.1) is 6.54 Å². The molecule has 4 nitrogen and oxygen atoms in total. The normalized spacial score (nSPS) is 10.8. The van der Waals surface area contributed by atoms with Crippen LogP contribution in [-0.4, -0.2) is 14.8 Å². The first-order valence-corrected chi connectivity index (χ1v) is 6.97. The highest BCUT2D eigenvalue weighted by molar-refractivity contribution is 5.93. The van der Waals surface area contributed by atoms with Crippen LogP contribution in [0.1, 0.15) is 19.2 Å². The first-order valence-electron chi connectivity index (χ1n) is 6.97. The van der Waals surface area contributed by atoms with Gasteiger partial charge in [-0.15, -0.1) is 0 Å². The number of aromatic nitrogens is 3. The maximum atomic E-state index is 4.32. The Bertz CT molecular complexity index is 697. The fraction of sp³-hybridized carbons (Fsp3) is 0.250. The van der Waals surface area contributed by atoms with E-state index >= 15 is 0 Å². The smallest absolute Gasteiger partial charge is 0.146 e. The molecule has 20 heavy (non-hydrogen) atoms. The summed E-state index contributed by atoms with van der Waals surface area (Å²) in [5, 5.41) is 10.2. The summed E-state index contributed by atoms with van der Waals surface area (Å²) in [6.45, 7) is 3.74. The van der Waals surface area contributed by atoms with E-state index < -0.39 is 0 Å². The van der Waals surface area contributed by atoms with Crippen molar-refractivity contribution >= 4 is 16.5 Å². The molecule has 0 saturated heterocycles. The second kappa shape index (κ2) is 5.74. The van der Waals surface area contributed by atoms with Gasteiger partial charge in [0.2, 0.25) is 0 Å². The highest BCUT2D eigenvalue weighted by atomic mass is 15.3. The summed E-state index contributed by atoms with van der Waals surface area (Å²) in [5.74, 6) is 0.972. The van der Waals surface area contributed by atoms with Crippen molar-refractivity contribution in [1.29, 1.82) is 0 Å². The Kier molecular flexibility index (Phi) is 3.63. The number of hydrogen-bond donors (Lipinski definition) is 1. The van der Waals surface area contributed by atoms with Crippen molar-refractivity contribution in [3.8, 4) is 0 Å². The van der Waals surface area contributed by atoms with Gasteiger partial charge in [-0.1, -0.05) is 43.3 Å². The second-order valence-electron chi connectivity index (χ2n) is 4.78. The van der Waals surface area contributed by atoms with E-state index in [1.165, 1.54) is 10.8 Å². The average Bonchev–Trinajstić information content (AvgIpc) is 2.93. The van der Waals surface area contributed by atoms with Crippen molar-refractivity contribution in [3.63, 3.8) is 0 Å². The lowest BCUT2D eigenvalue weighted by Crippen LogP contribution is -2.10. The quantitative estimate of drug-likeness (QED) is 0.769. The fourth-order valence-corrected chi connectivity index (χ4v) is 2.38. The van der Waals surface area contributed by atoms with E-state index in [0.29, 0.717) is 6.54 Å². The largest absolute Gasteiger partial charge is 0.377 e. The third-order valence-corrected chi connectivity index (χ3v) is 3.36. The molecule has 0 fully saturated rings. The minimum absolute atomic E-state index is 0.688. The maximum Gasteiger partial charge on any atom is 0.146 e. The van der Waals surface area contributed by atoms with Crippen LogP contribution in [0.2, 0.25) is 0 Å². The summed E-state index contributed by atoms with van der Waals surface area (Å²) in [6.07, 6.45) is 2.68. The number of anilines is 1. The van der Waals surface area contributed by atoms with E-state index in [1.54, 1.807) is 6.33 Å². The monoisotopic (exact) mass is 266 g/mol. The van der Waals surface area contributed by atoms with Crippen LogP contribution in [0.4, 0.5) is 5.69 Å². The standard InChI is InChI=1S/C16H18N4/c1-2-10-20-16(18-12-19-20)11-17-15-9-5-7-13-6-3-4-8-14(13)15/h3-9,12,17H,2,10-11H2,1H3. The van der Waals surface area contributed by atoms with Gasteiger partial charge < -0.3 is 5.32 Å². The molecule has 1 N–H and O–H groups in total. The van der Waals surface area contributed by atoms with Crippen LogP contribution in [-0.2, 0) is 13.1 Å². The van der Waals surface area contributed by atoms with Gasteiger partial charge in [-0.3, -0.25) is 0 Å². The molecule has 0 atom stereocenters. The molecule has 0 aliphatic carbocycles. The van der Waals surface area contributed by atoms with Crippen LogP contribution >= 0.6 is 0 Å². The lowest BCUT2D eigenvalue weighted by atomic mass is 10.1. The summed E-state index contributed by atoms with van der Waals surface area (Å²) in [6, 6.07) is 14.7. The van der Waals surface area contributed by atoms with Gasteiger partial charge in [0, 0.05) is 17.6 Å². The number of aryl methyl sites for hydroxylation is 1. The van der Waals surface area contributed by atoms with Gasteiger partial charge in [0.1, 0.15) is 12.2 Å². The molecular weight excluding hydrogens is 248 g/mol. The molecule has 0 unspecified atom stereocenters. The van der Waals surface area contributed by atoms with Gasteiger partial charge in [0.25, 0.3) is 0 Å². The Morgan fingerprint density at radius 1 is 1.10 bits per heavy atom. The zero-order valence-electron chi connectivity index (χ0n) is 11.6. The van der Waals surface area contributed by atoms with Crippen molar-refractivity contribution in [1.82, 2.24) is 14.8 Å². The Hall–Kier alpha value is -2.36. The van der Waals surface area contributed by atoms with E-state index in [9.17, 15) is 0 Å². The summed E-state index contributed by atoms with van der Waals surface area (Å²) < 4.78 is 1.96. The van der Waals surface area contributed by atoms with E-state index in [0.717, 1.165) is 24.5 Å². The number of fused-ring (bicyclic) bond motifs is 1. The van der Waals surface area contributed by atoms with Crippen LogP contribution in [0.25, 0.3) is 10.8 Å². The van der Waals surface area contributed by atoms with Gasteiger partial charge in [0.15, 0.2) is 0 Å². The predicted molar refractivity (Wildman–Crippen MR) is 81.6 cm³/mol. The molecular formula is C16H18N4. The molecule has 0 radical (unpaired) electrons. The lowest BCUT2D eigenvalue weighted by Gasteiger charge is -2.10. The number of rotatable bonds is 5. The highest BCUT2D eigenvalue weighted by Gasteiger charge is 2.04. The molecule has 0 aliphatic heterocycles. The maximum absolute atomic E-state index is 4.32. The van der Waals surface area contributed by atoms with E-state index in [2.05, 4.69) is 64.8 Å². The Morgan fingerprint density at radius 3 is 2.85 bits per heavy atom. The number of nitrogens with zero attached hydrogens (tertiary/aromatic N) is 3. The van der Waals surface area contributed by atoms with E-state index in [1.807, 2.05) is 4.68 Å². The van der Waals surface area contributed by atoms with Crippen LogP contribution in [0.5, 0.6) is 0 Å². The first kappa shape index (κ1) is 12.7. The lowest BCUT2D eigenvalue weighted by molar-refractivity contribution is 0.574. The molecule has 0 amide bonds. The third-order valence-electron chi connectivity index (χ3n) is 3.36. The van der Waals surface area contributed by atoms with Gasteiger partial charge >= 0.3 is 0 Å². The van der Waals surface area contributed by atoms with Crippen molar-refractivity contribution in [2.45, 2.75) is 26.4 Å². The summed E-state index contributed by atoms with van der Waals surface area (Å²) in [7, 11) is 0. The Labute approximate surface area is 118 Å². The molecule has 102 valence electrons. The summed E-state index contributed by atoms with van der Waals surface area (Å²) >= 11 is 0. The molecule has 4 heteroatoms. The number of benzene rings is 2. The molecule has 0 bridgehead atoms. The van der Waals surface area contributed by atoms with Crippen molar-refractivity contribution in [2.24, 2.45) is 0 Å². The van der Waals surface area contributed by atoms with Crippen LogP contribution in [0, 0.1) is 0 Å². The topological polar surface area (TPSA) is 42.7 Å². The van der Waals surface area contributed by atoms with Gasteiger partial charge in [-0.2, -0.15) is 5.10 Å². The summed E-state index contributed by atoms with van der Waals surface area (Å²) in [4.78, 5) is 4.32. The van der Waals surface area contributed by atoms with Gasteiger partial charge in [-0.25, -0.2) is 9.67 Å². The molecule has 0 saturated carbocycles. The molecule has 3 aromatic rings. The summed E-state index contributed by atoms with van der Waals surface area (Å²) in [5.41, 5.74) is 1.13. The first-order chi connectivity index (χ1) is 9.88.